The van der Waals surface area contributed by atoms with E-state index in [0.29, 0.717) is 0 Å². The van der Waals surface area contributed by atoms with Gasteiger partial charge in [0.1, 0.15) is 0 Å². The summed E-state index contributed by atoms with van der Waals surface area (Å²) >= 11 is 0. The van der Waals surface area contributed by atoms with Crippen molar-refractivity contribution < 1.29 is 5.11 Å². The van der Waals surface area contributed by atoms with E-state index in [1.807, 2.05) is 6.08 Å². The Morgan fingerprint density at radius 3 is 2.64 bits per heavy atom. The van der Waals surface area contributed by atoms with E-state index < -0.39 is 0 Å². The number of rotatable bonds is 2. The van der Waals surface area contributed by atoms with E-state index in [1.165, 1.54) is 11.1 Å². The summed E-state index contributed by atoms with van der Waals surface area (Å²) < 4.78 is 0. The van der Waals surface area contributed by atoms with Gasteiger partial charge in [-0.2, -0.15) is 0 Å². The molecule has 1 N–H and O–H groups in total. The molecule has 0 saturated carbocycles. The molecule has 1 heteroatoms. The fourth-order valence-corrected chi connectivity index (χ4v) is 1.86. The molecule has 0 aliphatic heterocycles. The third-order valence-corrected chi connectivity index (χ3v) is 2.69. The molecule has 0 fully saturated rings. The number of aliphatic hydroxyl groups excluding tert-OH is 1. The molecule has 1 aliphatic rings. The van der Waals surface area contributed by atoms with Crippen LogP contribution in [-0.2, 0) is 0 Å². The van der Waals surface area contributed by atoms with Crippen molar-refractivity contribution in [2.24, 2.45) is 5.41 Å². The SMILES string of the molecule is CC1=C(/C=C/[C@@H](C)O)C(C)(C)CC=C1. The third-order valence-electron chi connectivity index (χ3n) is 2.69. The molecule has 0 unspecified atom stereocenters. The first-order valence-corrected chi connectivity index (χ1v) is 5.17. The molecule has 0 heterocycles. The van der Waals surface area contributed by atoms with Crippen molar-refractivity contribution in [1.82, 2.24) is 0 Å². The van der Waals surface area contributed by atoms with E-state index in [-0.39, 0.29) is 11.5 Å². The van der Waals surface area contributed by atoms with Crippen molar-refractivity contribution in [3.63, 3.8) is 0 Å². The van der Waals surface area contributed by atoms with E-state index in [0.717, 1.165) is 6.42 Å². The number of hydrogen-bond donors (Lipinski definition) is 1. The Hall–Kier alpha value is -0.820. The summed E-state index contributed by atoms with van der Waals surface area (Å²) in [5.74, 6) is 0. The maximum atomic E-state index is 9.21. The molecule has 0 bridgehead atoms. The van der Waals surface area contributed by atoms with E-state index >= 15 is 0 Å². The Morgan fingerprint density at radius 2 is 2.14 bits per heavy atom. The summed E-state index contributed by atoms with van der Waals surface area (Å²) in [5.41, 5.74) is 2.84. The van der Waals surface area contributed by atoms with Crippen molar-refractivity contribution >= 4 is 0 Å². The van der Waals surface area contributed by atoms with Crippen LogP contribution in [0.4, 0.5) is 0 Å². The zero-order chi connectivity index (χ0) is 10.8. The van der Waals surface area contributed by atoms with Crippen molar-refractivity contribution in [2.45, 2.75) is 40.2 Å². The molecule has 14 heavy (non-hydrogen) atoms. The molecule has 0 aromatic heterocycles. The van der Waals surface area contributed by atoms with Gasteiger partial charge < -0.3 is 5.11 Å². The van der Waals surface area contributed by atoms with E-state index in [2.05, 4.69) is 39.0 Å². The van der Waals surface area contributed by atoms with E-state index in [9.17, 15) is 5.11 Å². The summed E-state index contributed by atoms with van der Waals surface area (Å²) in [6.45, 7) is 8.38. The van der Waals surface area contributed by atoms with Crippen molar-refractivity contribution in [2.75, 3.05) is 0 Å². The lowest BCUT2D eigenvalue weighted by Crippen LogP contribution is -2.16. The van der Waals surface area contributed by atoms with Crippen LogP contribution in [0, 0.1) is 5.41 Å². The number of allylic oxidation sites excluding steroid dienone is 5. The van der Waals surface area contributed by atoms with Crippen LogP contribution < -0.4 is 0 Å². The summed E-state index contributed by atoms with van der Waals surface area (Å²) in [4.78, 5) is 0. The number of aliphatic hydroxyl groups is 1. The van der Waals surface area contributed by atoms with Crippen LogP contribution in [0.3, 0.4) is 0 Å². The van der Waals surface area contributed by atoms with Crippen LogP contribution in [-0.4, -0.2) is 11.2 Å². The van der Waals surface area contributed by atoms with Crippen molar-refractivity contribution in [1.29, 1.82) is 0 Å². The van der Waals surface area contributed by atoms with Crippen LogP contribution in [0.15, 0.2) is 35.5 Å². The molecule has 1 atom stereocenters. The maximum absolute atomic E-state index is 9.21. The highest BCUT2D eigenvalue weighted by Gasteiger charge is 2.23. The standard InChI is InChI=1S/C13H20O/c1-10-6-5-9-13(3,4)12(10)8-7-11(2)14/h5-8,11,14H,9H2,1-4H3/b8-7+/t11-/m1/s1. The second kappa shape index (κ2) is 4.14. The minimum absolute atomic E-state index is 0.199. The first-order valence-electron chi connectivity index (χ1n) is 5.17. The summed E-state index contributed by atoms with van der Waals surface area (Å²) in [5, 5.41) is 9.21. The molecule has 0 aromatic rings. The molecule has 0 radical (unpaired) electrons. The van der Waals surface area contributed by atoms with Crippen LogP contribution >= 0.6 is 0 Å². The van der Waals surface area contributed by atoms with Gasteiger partial charge in [0.2, 0.25) is 0 Å². The van der Waals surface area contributed by atoms with Gasteiger partial charge in [-0.15, -0.1) is 0 Å². The summed E-state index contributed by atoms with van der Waals surface area (Å²) in [6.07, 6.45) is 8.99. The number of hydrogen-bond acceptors (Lipinski definition) is 1. The molecule has 0 saturated heterocycles. The van der Waals surface area contributed by atoms with Gasteiger partial charge in [-0.25, -0.2) is 0 Å². The highest BCUT2D eigenvalue weighted by atomic mass is 16.3. The van der Waals surface area contributed by atoms with E-state index in [4.69, 9.17) is 0 Å². The van der Waals surface area contributed by atoms with Crippen LogP contribution in [0.25, 0.3) is 0 Å². The molecule has 0 amide bonds. The van der Waals surface area contributed by atoms with Crippen LogP contribution in [0.2, 0.25) is 0 Å². The Balaban J connectivity index is 2.96. The molecule has 1 aliphatic carbocycles. The molecule has 1 rings (SSSR count). The fourth-order valence-electron chi connectivity index (χ4n) is 1.86. The normalized spacial score (nSPS) is 23.2. The quantitative estimate of drug-likeness (QED) is 0.712. The second-order valence-corrected chi connectivity index (χ2v) is 4.69. The average Bonchev–Trinajstić information content (AvgIpc) is 2.01. The van der Waals surface area contributed by atoms with Gasteiger partial charge in [0.15, 0.2) is 0 Å². The monoisotopic (exact) mass is 192 g/mol. The van der Waals surface area contributed by atoms with Crippen LogP contribution in [0.1, 0.15) is 34.1 Å². The molecule has 78 valence electrons. The maximum Gasteiger partial charge on any atom is 0.0695 e. The smallest absolute Gasteiger partial charge is 0.0695 e. The summed E-state index contributed by atoms with van der Waals surface area (Å²) in [6, 6.07) is 0. The summed E-state index contributed by atoms with van der Waals surface area (Å²) in [7, 11) is 0. The van der Waals surface area contributed by atoms with Gasteiger partial charge in [-0.3, -0.25) is 0 Å². The molecule has 0 spiro atoms. The topological polar surface area (TPSA) is 20.2 Å². The Labute approximate surface area is 86.8 Å². The van der Waals surface area contributed by atoms with Crippen molar-refractivity contribution in [3.8, 4) is 0 Å². The lowest BCUT2D eigenvalue weighted by Gasteiger charge is -2.29. The van der Waals surface area contributed by atoms with Crippen molar-refractivity contribution in [3.05, 3.63) is 35.5 Å². The minimum atomic E-state index is -0.364. The largest absolute Gasteiger partial charge is 0.389 e. The zero-order valence-corrected chi connectivity index (χ0v) is 9.54. The molecular weight excluding hydrogens is 172 g/mol. The van der Waals surface area contributed by atoms with Gasteiger partial charge in [0.05, 0.1) is 6.10 Å². The lowest BCUT2D eigenvalue weighted by molar-refractivity contribution is 0.244. The molecular formula is C13H20O. The Morgan fingerprint density at radius 1 is 1.50 bits per heavy atom. The second-order valence-electron chi connectivity index (χ2n) is 4.69. The molecule has 0 aromatic carbocycles. The highest BCUT2D eigenvalue weighted by Crippen LogP contribution is 2.37. The fraction of sp³-hybridized carbons (Fsp3) is 0.538. The zero-order valence-electron chi connectivity index (χ0n) is 9.54. The first-order chi connectivity index (χ1) is 6.43. The van der Waals surface area contributed by atoms with Gasteiger partial charge in [-0.1, -0.05) is 38.2 Å². The van der Waals surface area contributed by atoms with E-state index in [1.54, 1.807) is 6.92 Å². The Bertz CT molecular complexity index is 290. The average molecular weight is 192 g/mol. The highest BCUT2D eigenvalue weighted by molar-refractivity contribution is 5.39. The van der Waals surface area contributed by atoms with Gasteiger partial charge in [0.25, 0.3) is 0 Å². The van der Waals surface area contributed by atoms with Gasteiger partial charge >= 0.3 is 0 Å². The van der Waals surface area contributed by atoms with Gasteiger partial charge in [0, 0.05) is 0 Å². The molecule has 1 nitrogen and oxygen atoms in total. The predicted molar refractivity (Wildman–Crippen MR) is 61.1 cm³/mol. The minimum Gasteiger partial charge on any atom is -0.389 e. The van der Waals surface area contributed by atoms with Crippen LogP contribution in [0.5, 0.6) is 0 Å². The predicted octanol–water partition coefficient (Wildman–Crippen LogP) is 3.23. The first kappa shape index (κ1) is 11.3. The lowest BCUT2D eigenvalue weighted by atomic mass is 9.75. The van der Waals surface area contributed by atoms with Gasteiger partial charge in [-0.05, 0) is 36.8 Å². The Kier molecular flexibility index (Phi) is 3.33. The third kappa shape index (κ3) is 2.58.